The van der Waals surface area contributed by atoms with E-state index in [1.807, 2.05) is 36.4 Å². The number of hydrogen-bond acceptors (Lipinski definition) is 6. The molecule has 0 bridgehead atoms. The molecule has 0 aliphatic carbocycles. The van der Waals surface area contributed by atoms with E-state index >= 15 is 0 Å². The van der Waals surface area contributed by atoms with Crippen molar-refractivity contribution in [3.05, 3.63) is 48.2 Å². The third-order valence-electron chi connectivity index (χ3n) is 4.94. The number of aliphatic imine (C=N–C) groups is 1. The van der Waals surface area contributed by atoms with Gasteiger partial charge in [0.25, 0.3) is 0 Å². The molecule has 2 aromatic rings. The first kappa shape index (κ1) is 21.1. The molecule has 2 heterocycles. The van der Waals surface area contributed by atoms with E-state index in [4.69, 9.17) is 10.5 Å². The van der Waals surface area contributed by atoms with Crippen molar-refractivity contribution in [1.29, 1.82) is 0 Å². The first-order valence-electron chi connectivity index (χ1n) is 10.4. The number of nitrogens with one attached hydrogen (secondary N) is 1. The molecule has 3 N–H and O–H groups in total. The first-order chi connectivity index (χ1) is 13.8. The van der Waals surface area contributed by atoms with Crippen LogP contribution >= 0.6 is 0 Å². The van der Waals surface area contributed by atoms with Crippen molar-refractivity contribution in [3.63, 3.8) is 0 Å². The molecule has 1 aromatic carbocycles. The van der Waals surface area contributed by atoms with Crippen LogP contribution < -0.4 is 15.8 Å². The Hall–Kier alpha value is -2.60. The Morgan fingerprint density at radius 3 is 2.72 bits per heavy atom. The molecular formula is C23H33N5O. The van der Waals surface area contributed by atoms with Gasteiger partial charge in [-0.15, -0.1) is 0 Å². The molecule has 1 atom stereocenters. The van der Waals surface area contributed by atoms with Crippen LogP contribution in [0, 0.1) is 5.41 Å². The highest BCUT2D eigenvalue weighted by molar-refractivity contribution is 5.83. The molecule has 29 heavy (non-hydrogen) atoms. The summed E-state index contributed by atoms with van der Waals surface area (Å²) in [6, 6.07) is 12.0. The van der Waals surface area contributed by atoms with Crippen LogP contribution in [0.25, 0.3) is 0 Å². The fraction of sp³-hybridized carbons (Fsp3) is 0.478. The lowest BCUT2D eigenvalue weighted by atomic mass is 9.97. The first-order valence-corrected chi connectivity index (χ1v) is 10.4. The van der Waals surface area contributed by atoms with Gasteiger partial charge < -0.3 is 20.7 Å². The van der Waals surface area contributed by atoms with Gasteiger partial charge >= 0.3 is 0 Å². The highest BCUT2D eigenvalue weighted by atomic mass is 16.5. The molecule has 0 unspecified atom stereocenters. The van der Waals surface area contributed by atoms with Crippen LogP contribution in [-0.2, 0) is 6.54 Å². The van der Waals surface area contributed by atoms with Crippen LogP contribution in [0.2, 0.25) is 0 Å². The Bertz CT molecular complexity index is 829. The van der Waals surface area contributed by atoms with Crippen molar-refractivity contribution in [2.24, 2.45) is 16.1 Å². The number of nitrogens with two attached hydrogens (primary N) is 1. The van der Waals surface area contributed by atoms with E-state index in [-0.39, 0.29) is 0 Å². The fourth-order valence-electron chi connectivity index (χ4n) is 3.34. The minimum absolute atomic E-state index is 0.312. The van der Waals surface area contributed by atoms with Crippen molar-refractivity contribution in [2.75, 3.05) is 13.1 Å². The molecule has 3 rings (SSSR count). The van der Waals surface area contributed by atoms with Gasteiger partial charge in [0, 0.05) is 24.2 Å². The molecule has 0 spiro atoms. The van der Waals surface area contributed by atoms with Gasteiger partial charge in [-0.25, -0.2) is 9.98 Å². The zero-order chi connectivity index (χ0) is 20.9. The van der Waals surface area contributed by atoms with Gasteiger partial charge in [0.1, 0.15) is 5.75 Å². The predicted molar refractivity (Wildman–Crippen MR) is 119 cm³/mol. The summed E-state index contributed by atoms with van der Waals surface area (Å²) in [5.41, 5.74) is 8.46. The van der Waals surface area contributed by atoms with Crippen LogP contribution in [0.15, 0.2) is 47.6 Å². The summed E-state index contributed by atoms with van der Waals surface area (Å²) in [5, 5.41) is 3.54. The lowest BCUT2D eigenvalue weighted by Crippen LogP contribution is -2.44. The minimum atomic E-state index is 0.312. The summed E-state index contributed by atoms with van der Waals surface area (Å²) >= 11 is 0. The minimum Gasteiger partial charge on any atom is -0.439 e. The summed E-state index contributed by atoms with van der Waals surface area (Å²) in [6.07, 6.45) is 3.90. The Morgan fingerprint density at radius 2 is 2.00 bits per heavy atom. The number of benzene rings is 1. The molecule has 1 aliphatic rings. The van der Waals surface area contributed by atoms with Crippen LogP contribution in [0.1, 0.15) is 46.1 Å². The van der Waals surface area contributed by atoms with Gasteiger partial charge in [0.15, 0.2) is 5.96 Å². The van der Waals surface area contributed by atoms with E-state index in [1.54, 1.807) is 6.20 Å². The smallest absolute Gasteiger partial charge is 0.219 e. The zero-order valence-electron chi connectivity index (χ0n) is 18.0. The third-order valence-corrected chi connectivity index (χ3v) is 4.94. The van der Waals surface area contributed by atoms with Crippen molar-refractivity contribution in [2.45, 2.75) is 53.1 Å². The van der Waals surface area contributed by atoms with Gasteiger partial charge in [-0.1, -0.05) is 39.0 Å². The number of aromatic nitrogens is 1. The molecule has 1 aliphatic heterocycles. The molecule has 0 amide bonds. The maximum atomic E-state index is 6.25. The largest absolute Gasteiger partial charge is 0.439 e. The van der Waals surface area contributed by atoms with E-state index in [9.17, 15) is 0 Å². The SMILES string of the molecule is C[C@H](CCCNCC(C)(C)C)N1Cc2cc(Oc3ccccc3)ncc2N=C1N. The van der Waals surface area contributed by atoms with Crippen molar-refractivity contribution >= 4 is 11.6 Å². The zero-order valence-corrected chi connectivity index (χ0v) is 18.0. The molecule has 1 aromatic heterocycles. The average molecular weight is 396 g/mol. The number of nitrogens with zero attached hydrogens (tertiary/aromatic N) is 3. The van der Waals surface area contributed by atoms with E-state index in [1.165, 1.54) is 0 Å². The monoisotopic (exact) mass is 395 g/mol. The van der Waals surface area contributed by atoms with Crippen molar-refractivity contribution < 1.29 is 4.74 Å². The highest BCUT2D eigenvalue weighted by Gasteiger charge is 2.23. The lowest BCUT2D eigenvalue weighted by molar-refractivity contribution is 0.291. The summed E-state index contributed by atoms with van der Waals surface area (Å²) in [4.78, 5) is 11.1. The quantitative estimate of drug-likeness (QED) is 0.646. The number of rotatable bonds is 8. The highest BCUT2D eigenvalue weighted by Crippen LogP contribution is 2.30. The van der Waals surface area contributed by atoms with Crippen LogP contribution in [0.5, 0.6) is 11.6 Å². The van der Waals surface area contributed by atoms with Crippen molar-refractivity contribution in [3.8, 4) is 11.6 Å². The molecule has 6 nitrogen and oxygen atoms in total. The summed E-state index contributed by atoms with van der Waals surface area (Å²) in [6.45, 7) is 11.7. The normalized spacial score (nSPS) is 14.9. The van der Waals surface area contributed by atoms with Gasteiger partial charge in [0.2, 0.25) is 5.88 Å². The number of ether oxygens (including phenoxy) is 1. The van der Waals surface area contributed by atoms with Gasteiger partial charge in [0.05, 0.1) is 11.9 Å². The van der Waals surface area contributed by atoms with E-state index in [2.05, 4.69) is 47.9 Å². The lowest BCUT2D eigenvalue weighted by Gasteiger charge is -2.33. The van der Waals surface area contributed by atoms with Gasteiger partial charge in [-0.2, -0.15) is 0 Å². The summed E-state index contributed by atoms with van der Waals surface area (Å²) in [5.74, 6) is 1.91. The number of fused-ring (bicyclic) bond motifs is 1. The number of guanidine groups is 1. The van der Waals surface area contributed by atoms with Gasteiger partial charge in [-0.05, 0) is 50.4 Å². The number of hydrogen-bond donors (Lipinski definition) is 2. The second-order valence-corrected chi connectivity index (χ2v) is 8.89. The van der Waals surface area contributed by atoms with Crippen LogP contribution in [0.3, 0.4) is 0 Å². The maximum absolute atomic E-state index is 6.25. The van der Waals surface area contributed by atoms with E-state index < -0.39 is 0 Å². The second-order valence-electron chi connectivity index (χ2n) is 8.89. The molecule has 0 saturated carbocycles. The Labute approximate surface area is 174 Å². The summed E-state index contributed by atoms with van der Waals surface area (Å²) < 4.78 is 5.87. The van der Waals surface area contributed by atoms with E-state index in [0.29, 0.717) is 23.3 Å². The number of para-hydroxylation sites is 1. The number of pyridine rings is 1. The Kier molecular flexibility index (Phi) is 6.75. The Balaban J connectivity index is 1.58. The third kappa shape index (κ3) is 6.19. The standard InChI is InChI=1S/C23H33N5O/c1-17(9-8-12-25-16-23(2,3)4)28-15-18-13-21(26-14-20(18)27-22(28)24)29-19-10-6-5-7-11-19/h5-7,10-11,13-14,17,25H,8-9,12,15-16H2,1-4H3,(H2,24,27)/t17-/m1/s1. The van der Waals surface area contributed by atoms with Crippen LogP contribution in [0.4, 0.5) is 5.69 Å². The predicted octanol–water partition coefficient (Wildman–Crippen LogP) is 4.44. The maximum Gasteiger partial charge on any atom is 0.219 e. The summed E-state index contributed by atoms with van der Waals surface area (Å²) in [7, 11) is 0. The molecule has 0 fully saturated rings. The van der Waals surface area contributed by atoms with Gasteiger partial charge in [-0.3, -0.25) is 0 Å². The molecule has 0 saturated heterocycles. The average Bonchev–Trinajstić information content (AvgIpc) is 2.67. The topological polar surface area (TPSA) is 75.8 Å². The van der Waals surface area contributed by atoms with Crippen LogP contribution in [-0.4, -0.2) is 35.0 Å². The molecule has 6 heteroatoms. The Morgan fingerprint density at radius 1 is 1.24 bits per heavy atom. The van der Waals surface area contributed by atoms with E-state index in [0.717, 1.165) is 49.5 Å². The second kappa shape index (κ2) is 9.27. The molecular weight excluding hydrogens is 362 g/mol. The molecule has 156 valence electrons. The van der Waals surface area contributed by atoms with Crippen molar-refractivity contribution in [1.82, 2.24) is 15.2 Å². The fourth-order valence-corrected chi connectivity index (χ4v) is 3.34. The molecule has 0 radical (unpaired) electrons.